The SMILES string of the molecule is CO[C@]12C(=O)C3=C(O)c4cccc(-c5ncccn5)c4C[C@H]3C[C@H]1[C@H](N(C)C)C(=O)C(C(N)=O)=C2O. The molecule has 1 heterocycles. The Morgan fingerprint density at radius 3 is 2.42 bits per heavy atom. The number of primary amides is 1. The summed E-state index contributed by atoms with van der Waals surface area (Å²) in [5, 5.41) is 22.5. The zero-order valence-electron chi connectivity index (χ0n) is 20.1. The van der Waals surface area contributed by atoms with Gasteiger partial charge in [-0.3, -0.25) is 19.3 Å². The molecule has 3 aliphatic carbocycles. The zero-order chi connectivity index (χ0) is 25.9. The van der Waals surface area contributed by atoms with Crippen LogP contribution in [0.2, 0.25) is 0 Å². The summed E-state index contributed by atoms with van der Waals surface area (Å²) in [4.78, 5) is 49.9. The highest BCUT2D eigenvalue weighted by Gasteiger charge is 2.65. The number of carbonyl (C=O) groups excluding carboxylic acids is 3. The summed E-state index contributed by atoms with van der Waals surface area (Å²) < 4.78 is 5.69. The lowest BCUT2D eigenvalue weighted by Gasteiger charge is -2.51. The van der Waals surface area contributed by atoms with Gasteiger partial charge in [0.1, 0.15) is 17.1 Å². The highest BCUT2D eigenvalue weighted by molar-refractivity contribution is 6.24. The second kappa shape index (κ2) is 8.35. The molecule has 0 spiro atoms. The topological polar surface area (TPSA) is 156 Å². The van der Waals surface area contributed by atoms with E-state index in [0.29, 0.717) is 17.8 Å². The van der Waals surface area contributed by atoms with Gasteiger partial charge < -0.3 is 20.7 Å². The smallest absolute Gasteiger partial charge is 0.255 e. The van der Waals surface area contributed by atoms with Gasteiger partial charge in [-0.1, -0.05) is 18.2 Å². The van der Waals surface area contributed by atoms with E-state index in [-0.39, 0.29) is 17.8 Å². The van der Waals surface area contributed by atoms with Crippen molar-refractivity contribution in [1.82, 2.24) is 14.9 Å². The first-order valence-corrected chi connectivity index (χ1v) is 11.5. The van der Waals surface area contributed by atoms with Gasteiger partial charge in [0.15, 0.2) is 17.2 Å². The van der Waals surface area contributed by atoms with Crippen molar-refractivity contribution in [2.24, 2.45) is 17.6 Å². The molecule has 1 aromatic carbocycles. The third-order valence-electron chi connectivity index (χ3n) is 7.60. The highest BCUT2D eigenvalue weighted by Crippen LogP contribution is 2.53. The number of hydrogen-bond donors (Lipinski definition) is 3. The molecule has 0 aliphatic heterocycles. The van der Waals surface area contributed by atoms with Crippen molar-refractivity contribution in [2.75, 3.05) is 21.2 Å². The molecule has 0 radical (unpaired) electrons. The van der Waals surface area contributed by atoms with Crippen LogP contribution in [0.5, 0.6) is 0 Å². The Balaban J connectivity index is 1.74. The third kappa shape index (κ3) is 3.07. The molecular formula is C26H26N4O6. The number of ether oxygens (including phenoxy) is 1. The van der Waals surface area contributed by atoms with Crippen molar-refractivity contribution in [3.05, 3.63) is 64.7 Å². The molecule has 1 saturated carbocycles. The van der Waals surface area contributed by atoms with Crippen molar-refractivity contribution >= 4 is 23.2 Å². The number of Topliss-reactive ketones (excluding diaryl/α,β-unsaturated/α-hetero) is 2. The number of likely N-dealkylation sites (N-methyl/N-ethyl adjacent to an activating group) is 1. The molecule has 186 valence electrons. The normalized spacial score (nSPS) is 27.6. The number of methoxy groups -OCH3 is 1. The van der Waals surface area contributed by atoms with Gasteiger partial charge in [0.05, 0.1) is 6.04 Å². The molecule has 5 rings (SSSR count). The summed E-state index contributed by atoms with van der Waals surface area (Å²) >= 11 is 0. The summed E-state index contributed by atoms with van der Waals surface area (Å²) in [5.74, 6) is -4.34. The molecule has 4 N–H and O–H groups in total. The maximum Gasteiger partial charge on any atom is 0.255 e. The van der Waals surface area contributed by atoms with Gasteiger partial charge in [-0.15, -0.1) is 0 Å². The number of nitrogens with two attached hydrogens (primary N) is 1. The van der Waals surface area contributed by atoms with Crippen LogP contribution in [0, 0.1) is 11.8 Å². The van der Waals surface area contributed by atoms with Crippen LogP contribution in [0.15, 0.2) is 53.6 Å². The zero-order valence-corrected chi connectivity index (χ0v) is 20.1. The molecule has 10 heteroatoms. The molecule has 0 saturated heterocycles. The summed E-state index contributed by atoms with van der Waals surface area (Å²) in [7, 11) is 4.54. The quantitative estimate of drug-likeness (QED) is 0.539. The summed E-state index contributed by atoms with van der Waals surface area (Å²) in [6.45, 7) is 0. The monoisotopic (exact) mass is 490 g/mol. The van der Waals surface area contributed by atoms with Crippen molar-refractivity contribution in [2.45, 2.75) is 24.5 Å². The molecule has 36 heavy (non-hydrogen) atoms. The van der Waals surface area contributed by atoms with Crippen molar-refractivity contribution in [3.63, 3.8) is 0 Å². The summed E-state index contributed by atoms with van der Waals surface area (Å²) in [6.07, 6.45) is 3.87. The number of hydrogen-bond acceptors (Lipinski definition) is 9. The molecule has 0 unspecified atom stereocenters. The van der Waals surface area contributed by atoms with Crippen molar-refractivity contribution < 1.29 is 29.3 Å². The Morgan fingerprint density at radius 2 is 1.81 bits per heavy atom. The maximum atomic E-state index is 14.1. The van der Waals surface area contributed by atoms with Crippen molar-refractivity contribution in [1.29, 1.82) is 0 Å². The number of nitrogens with zero attached hydrogens (tertiary/aromatic N) is 3. The minimum Gasteiger partial charge on any atom is -0.508 e. The molecule has 3 aliphatic rings. The van der Waals surface area contributed by atoms with Crippen LogP contribution in [-0.2, 0) is 25.5 Å². The second-order valence-electron chi connectivity index (χ2n) is 9.54. The fourth-order valence-electron chi connectivity index (χ4n) is 6.14. The number of fused-ring (bicyclic) bond motifs is 3. The Kier molecular flexibility index (Phi) is 5.53. The molecule has 1 fully saturated rings. The van der Waals surface area contributed by atoms with Gasteiger partial charge in [0.25, 0.3) is 5.91 Å². The van der Waals surface area contributed by atoms with Crippen LogP contribution in [0.25, 0.3) is 17.1 Å². The predicted octanol–water partition coefficient (Wildman–Crippen LogP) is 1.37. The number of carbonyl (C=O) groups is 3. The molecule has 1 amide bonds. The van der Waals surface area contributed by atoms with E-state index in [1.807, 2.05) is 6.07 Å². The summed E-state index contributed by atoms with van der Waals surface area (Å²) in [6, 6.07) is 6.06. The molecule has 4 atom stereocenters. The minimum absolute atomic E-state index is 0.0916. The predicted molar refractivity (Wildman–Crippen MR) is 128 cm³/mol. The van der Waals surface area contributed by atoms with E-state index >= 15 is 0 Å². The lowest BCUT2D eigenvalue weighted by molar-refractivity contribution is -0.159. The fourth-order valence-corrected chi connectivity index (χ4v) is 6.14. The largest absolute Gasteiger partial charge is 0.508 e. The van der Waals surface area contributed by atoms with E-state index < -0.39 is 52.3 Å². The number of rotatable bonds is 4. The molecule has 2 aromatic rings. The first-order chi connectivity index (χ1) is 17.1. The molecular weight excluding hydrogens is 464 g/mol. The first kappa shape index (κ1) is 23.8. The number of benzene rings is 1. The Hall–Kier alpha value is -3.89. The Labute approximate surface area is 207 Å². The minimum atomic E-state index is -2.04. The van der Waals surface area contributed by atoms with E-state index in [9.17, 15) is 24.6 Å². The van der Waals surface area contributed by atoms with E-state index in [1.165, 1.54) is 7.11 Å². The average molecular weight is 491 g/mol. The van der Waals surface area contributed by atoms with E-state index in [1.54, 1.807) is 49.6 Å². The van der Waals surface area contributed by atoms with Crippen molar-refractivity contribution in [3.8, 4) is 11.4 Å². The Morgan fingerprint density at radius 1 is 1.14 bits per heavy atom. The highest BCUT2D eigenvalue weighted by atomic mass is 16.5. The number of aliphatic hydroxyl groups excluding tert-OH is 2. The second-order valence-corrected chi connectivity index (χ2v) is 9.54. The maximum absolute atomic E-state index is 14.1. The van der Waals surface area contributed by atoms with Crippen LogP contribution < -0.4 is 5.73 Å². The van der Waals surface area contributed by atoms with Crippen LogP contribution in [-0.4, -0.2) is 75.4 Å². The Bertz CT molecular complexity index is 1370. The fraction of sp³-hybridized carbons (Fsp3) is 0.346. The number of amides is 1. The van der Waals surface area contributed by atoms with Crippen LogP contribution in [0.4, 0.5) is 0 Å². The first-order valence-electron chi connectivity index (χ1n) is 11.5. The van der Waals surface area contributed by atoms with Gasteiger partial charge in [-0.25, -0.2) is 9.97 Å². The number of aromatic nitrogens is 2. The van der Waals surface area contributed by atoms with E-state index in [2.05, 4.69) is 9.97 Å². The van der Waals surface area contributed by atoms with Crippen LogP contribution in [0.3, 0.4) is 0 Å². The third-order valence-corrected chi connectivity index (χ3v) is 7.60. The summed E-state index contributed by atoms with van der Waals surface area (Å²) in [5.41, 5.74) is 4.83. The molecule has 1 aromatic heterocycles. The van der Waals surface area contributed by atoms with Gasteiger partial charge in [-0.2, -0.15) is 0 Å². The number of ketones is 2. The molecule has 0 bridgehead atoms. The standard InChI is InChI=1S/C26H26N4O6/c1-30(2)19-16-11-12-10-15-13(6-4-7-14(15)25-28-8-5-9-29-25)20(31)17(12)22(33)26(16,36-3)23(34)18(21(19)32)24(27)35/h4-9,12,16,19,31,34H,10-11H2,1-3H3,(H2,27,35)/t12-,16-,19-,26-/m0/s1. The van der Waals surface area contributed by atoms with Gasteiger partial charge in [-0.05, 0) is 44.5 Å². The number of aliphatic hydroxyl groups is 2. The van der Waals surface area contributed by atoms with Crippen LogP contribution in [0.1, 0.15) is 17.5 Å². The molecule has 10 nitrogen and oxygen atoms in total. The lowest BCUT2D eigenvalue weighted by Crippen LogP contribution is -2.66. The van der Waals surface area contributed by atoms with Gasteiger partial charge in [0.2, 0.25) is 5.78 Å². The van der Waals surface area contributed by atoms with Gasteiger partial charge in [0, 0.05) is 42.1 Å². The van der Waals surface area contributed by atoms with Gasteiger partial charge >= 0.3 is 0 Å². The van der Waals surface area contributed by atoms with E-state index in [4.69, 9.17) is 10.5 Å². The average Bonchev–Trinajstić information content (AvgIpc) is 2.84. The van der Waals surface area contributed by atoms with Crippen LogP contribution >= 0.6 is 0 Å². The lowest BCUT2D eigenvalue weighted by atomic mass is 9.57. The van der Waals surface area contributed by atoms with E-state index in [0.717, 1.165) is 11.1 Å².